The van der Waals surface area contributed by atoms with Crippen LogP contribution >= 0.6 is 0 Å². The minimum atomic E-state index is 0.718. The van der Waals surface area contributed by atoms with Gasteiger partial charge in [0.1, 0.15) is 0 Å². The van der Waals surface area contributed by atoms with Gasteiger partial charge in [0.2, 0.25) is 0 Å². The zero-order valence-electron chi connectivity index (χ0n) is 15.2. The number of hydrogen-bond donors (Lipinski definition) is 2. The van der Waals surface area contributed by atoms with Crippen molar-refractivity contribution in [3.8, 4) is 0 Å². The molecule has 0 radical (unpaired) electrons. The molecule has 0 heterocycles. The van der Waals surface area contributed by atoms with E-state index in [0.717, 1.165) is 38.8 Å². The lowest BCUT2D eigenvalue weighted by Crippen LogP contribution is -2.04. The topological polar surface area (TPSA) is 52.0 Å². The van der Waals surface area contributed by atoms with Crippen LogP contribution in [-0.4, -0.2) is 13.1 Å². The monoisotopic (exact) mass is 342 g/mol. The van der Waals surface area contributed by atoms with Gasteiger partial charge in [-0.05, 0) is 82.2 Å². The highest BCUT2D eigenvalue weighted by molar-refractivity contribution is 6.16. The molecule has 0 aliphatic rings. The second-order valence-electron chi connectivity index (χ2n) is 7.00. The first-order chi connectivity index (χ1) is 12.8. The third kappa shape index (κ3) is 2.86. The van der Waals surface area contributed by atoms with E-state index < -0.39 is 0 Å². The number of rotatable bonds is 6. The Hall–Kier alpha value is -2.42. The minimum absolute atomic E-state index is 0.718. The maximum absolute atomic E-state index is 5.86. The Morgan fingerprint density at radius 3 is 1.81 bits per heavy atom. The fraction of sp³-hybridized carbons (Fsp3) is 0.250. The lowest BCUT2D eigenvalue weighted by atomic mass is 9.86. The fourth-order valence-corrected chi connectivity index (χ4v) is 4.22. The molecule has 4 N–H and O–H groups in total. The van der Waals surface area contributed by atoms with Crippen LogP contribution in [0.4, 0.5) is 0 Å². The summed E-state index contributed by atoms with van der Waals surface area (Å²) >= 11 is 0. The minimum Gasteiger partial charge on any atom is -0.330 e. The molecule has 132 valence electrons. The van der Waals surface area contributed by atoms with Gasteiger partial charge >= 0.3 is 0 Å². The van der Waals surface area contributed by atoms with Crippen molar-refractivity contribution in [1.29, 1.82) is 0 Å². The quantitative estimate of drug-likeness (QED) is 0.386. The average Bonchev–Trinajstić information content (AvgIpc) is 2.70. The van der Waals surface area contributed by atoms with Gasteiger partial charge in [-0.2, -0.15) is 0 Å². The van der Waals surface area contributed by atoms with E-state index in [4.69, 9.17) is 11.5 Å². The van der Waals surface area contributed by atoms with Gasteiger partial charge in [-0.3, -0.25) is 0 Å². The molecule has 0 aliphatic heterocycles. The van der Waals surface area contributed by atoms with Crippen molar-refractivity contribution in [2.45, 2.75) is 25.7 Å². The predicted octanol–water partition coefficient (Wildman–Crippen LogP) is 4.93. The Kier molecular flexibility index (Phi) is 4.87. The number of aryl methyl sites for hydroxylation is 2. The van der Waals surface area contributed by atoms with Gasteiger partial charge in [0.15, 0.2) is 0 Å². The van der Waals surface area contributed by atoms with E-state index in [2.05, 4.69) is 60.7 Å². The van der Waals surface area contributed by atoms with Gasteiger partial charge in [-0.25, -0.2) is 0 Å². The summed E-state index contributed by atoms with van der Waals surface area (Å²) in [7, 11) is 0. The van der Waals surface area contributed by atoms with Crippen LogP contribution < -0.4 is 11.5 Å². The first-order valence-corrected chi connectivity index (χ1v) is 9.59. The summed E-state index contributed by atoms with van der Waals surface area (Å²) in [6, 6.07) is 22.1. The molecular formula is C24H26N2. The summed E-state index contributed by atoms with van der Waals surface area (Å²) in [6.07, 6.45) is 4.04. The normalized spacial score (nSPS) is 11.6. The van der Waals surface area contributed by atoms with Crippen LogP contribution in [0.2, 0.25) is 0 Å². The van der Waals surface area contributed by atoms with Crippen LogP contribution in [0.15, 0.2) is 60.7 Å². The highest BCUT2D eigenvalue weighted by Gasteiger charge is 2.15. The first kappa shape index (κ1) is 17.0. The third-order valence-corrected chi connectivity index (χ3v) is 5.40. The Morgan fingerprint density at radius 2 is 1.12 bits per heavy atom. The van der Waals surface area contributed by atoms with Crippen molar-refractivity contribution < 1.29 is 0 Å². The Balaban J connectivity index is 2.16. The molecule has 0 aliphatic carbocycles. The lowest BCUT2D eigenvalue weighted by molar-refractivity contribution is 0.836. The largest absolute Gasteiger partial charge is 0.330 e. The van der Waals surface area contributed by atoms with Gasteiger partial charge in [-0.1, -0.05) is 60.7 Å². The highest BCUT2D eigenvalue weighted by Crippen LogP contribution is 2.38. The van der Waals surface area contributed by atoms with E-state index in [1.165, 1.54) is 43.4 Å². The SMILES string of the molecule is NCCCc1c2ccccc2c(CCCN)c2c1ccc1ccccc12. The first-order valence-electron chi connectivity index (χ1n) is 9.59. The Bertz CT molecular complexity index is 1070. The molecule has 0 atom stereocenters. The van der Waals surface area contributed by atoms with E-state index >= 15 is 0 Å². The molecule has 26 heavy (non-hydrogen) atoms. The van der Waals surface area contributed by atoms with Crippen molar-refractivity contribution >= 4 is 32.3 Å². The molecule has 0 saturated heterocycles. The molecular weight excluding hydrogens is 316 g/mol. The van der Waals surface area contributed by atoms with Crippen LogP contribution in [0.1, 0.15) is 24.0 Å². The van der Waals surface area contributed by atoms with Crippen LogP contribution in [-0.2, 0) is 12.8 Å². The molecule has 4 aromatic rings. The van der Waals surface area contributed by atoms with Crippen molar-refractivity contribution in [2.75, 3.05) is 13.1 Å². The number of fused-ring (bicyclic) bond motifs is 4. The summed E-state index contributed by atoms with van der Waals surface area (Å²) in [5.41, 5.74) is 14.6. The average molecular weight is 342 g/mol. The van der Waals surface area contributed by atoms with Gasteiger partial charge < -0.3 is 11.5 Å². The molecule has 0 aromatic heterocycles. The van der Waals surface area contributed by atoms with E-state index in [9.17, 15) is 0 Å². The summed E-state index contributed by atoms with van der Waals surface area (Å²) in [4.78, 5) is 0. The Morgan fingerprint density at radius 1 is 0.538 bits per heavy atom. The summed E-state index contributed by atoms with van der Waals surface area (Å²) in [6.45, 7) is 1.44. The lowest BCUT2D eigenvalue weighted by Gasteiger charge is -2.18. The maximum atomic E-state index is 5.86. The van der Waals surface area contributed by atoms with Crippen molar-refractivity contribution in [2.24, 2.45) is 11.5 Å². The second kappa shape index (κ2) is 7.45. The van der Waals surface area contributed by atoms with Crippen molar-refractivity contribution in [1.82, 2.24) is 0 Å². The molecule has 4 aromatic carbocycles. The van der Waals surface area contributed by atoms with Crippen molar-refractivity contribution in [3.63, 3.8) is 0 Å². The molecule has 0 bridgehead atoms. The van der Waals surface area contributed by atoms with Gasteiger partial charge in [0.05, 0.1) is 0 Å². The molecule has 4 rings (SSSR count). The molecule has 0 spiro atoms. The maximum Gasteiger partial charge on any atom is -0.00641 e. The van der Waals surface area contributed by atoms with Gasteiger partial charge in [0.25, 0.3) is 0 Å². The van der Waals surface area contributed by atoms with E-state index in [-0.39, 0.29) is 0 Å². The molecule has 0 unspecified atom stereocenters. The summed E-state index contributed by atoms with van der Waals surface area (Å²) in [5.74, 6) is 0. The zero-order valence-corrected chi connectivity index (χ0v) is 15.2. The zero-order chi connectivity index (χ0) is 17.9. The van der Waals surface area contributed by atoms with Crippen LogP contribution in [0.5, 0.6) is 0 Å². The molecule has 0 amide bonds. The molecule has 0 fully saturated rings. The van der Waals surface area contributed by atoms with E-state index in [0.29, 0.717) is 0 Å². The molecule has 0 saturated carbocycles. The highest BCUT2D eigenvalue weighted by atomic mass is 14.5. The van der Waals surface area contributed by atoms with Gasteiger partial charge in [0, 0.05) is 0 Å². The van der Waals surface area contributed by atoms with Crippen LogP contribution in [0.3, 0.4) is 0 Å². The standard InChI is InChI=1S/C24H26N2/c25-15-5-11-21-19-9-3-4-10-20(19)22(12-6-16-26)24-18-8-2-1-7-17(18)13-14-23(21)24/h1-4,7-10,13-14H,5-6,11-12,15-16,25-26H2. The van der Waals surface area contributed by atoms with Crippen molar-refractivity contribution in [3.05, 3.63) is 71.8 Å². The smallest absolute Gasteiger partial charge is 0.00641 e. The fourth-order valence-electron chi connectivity index (χ4n) is 4.22. The second-order valence-corrected chi connectivity index (χ2v) is 7.00. The molecule has 2 heteroatoms. The van der Waals surface area contributed by atoms with Crippen LogP contribution in [0, 0.1) is 0 Å². The summed E-state index contributed by atoms with van der Waals surface area (Å²) in [5, 5.41) is 8.17. The van der Waals surface area contributed by atoms with Crippen LogP contribution in [0.25, 0.3) is 32.3 Å². The number of nitrogens with two attached hydrogens (primary N) is 2. The van der Waals surface area contributed by atoms with E-state index in [1.807, 2.05) is 0 Å². The third-order valence-electron chi connectivity index (χ3n) is 5.40. The number of benzene rings is 4. The molecule has 2 nitrogen and oxygen atoms in total. The number of hydrogen-bond acceptors (Lipinski definition) is 2. The predicted molar refractivity (Wildman–Crippen MR) is 114 cm³/mol. The summed E-state index contributed by atoms with van der Waals surface area (Å²) < 4.78 is 0. The van der Waals surface area contributed by atoms with E-state index in [1.54, 1.807) is 0 Å². The Labute approximate surface area is 154 Å². The van der Waals surface area contributed by atoms with Gasteiger partial charge in [-0.15, -0.1) is 0 Å².